The molecule has 32 heavy (non-hydrogen) atoms. The molecule has 0 unspecified atom stereocenters. The Balaban J connectivity index is 1.30. The lowest BCUT2D eigenvalue weighted by atomic mass is 10.2. The molecule has 0 saturated heterocycles. The number of halogens is 2. The summed E-state index contributed by atoms with van der Waals surface area (Å²) in [5.41, 5.74) is 1.59. The number of pyridine rings is 1. The number of rotatable bonds is 8. The molecule has 2 heterocycles. The van der Waals surface area contributed by atoms with Crippen molar-refractivity contribution in [2.24, 2.45) is 0 Å². The number of aromatic nitrogens is 3. The van der Waals surface area contributed by atoms with Crippen LogP contribution in [0.2, 0.25) is 5.02 Å². The second kappa shape index (κ2) is 10.0. The number of hydrogen-bond acceptors (Lipinski definition) is 7. The quantitative estimate of drug-likeness (QED) is 0.330. The molecule has 0 N–H and O–H groups in total. The van der Waals surface area contributed by atoms with Gasteiger partial charge in [0.05, 0.1) is 11.4 Å². The predicted octanol–water partition coefficient (Wildman–Crippen LogP) is 5.39. The fourth-order valence-electron chi connectivity index (χ4n) is 2.75. The molecule has 4 rings (SSSR count). The number of nitrogens with zero attached hydrogens (tertiary/aromatic N) is 3. The third-order valence-electron chi connectivity index (χ3n) is 4.35. The van der Waals surface area contributed by atoms with Crippen LogP contribution >= 0.6 is 11.6 Å². The summed E-state index contributed by atoms with van der Waals surface area (Å²) in [6.45, 7) is 0.221. The highest BCUT2D eigenvalue weighted by Gasteiger charge is 2.13. The van der Waals surface area contributed by atoms with E-state index in [0.717, 1.165) is 11.6 Å². The van der Waals surface area contributed by atoms with Crippen molar-refractivity contribution in [3.63, 3.8) is 0 Å². The van der Waals surface area contributed by atoms with Gasteiger partial charge in [0.15, 0.2) is 5.82 Å². The van der Waals surface area contributed by atoms with Gasteiger partial charge < -0.3 is 14.0 Å². The Morgan fingerprint density at radius 2 is 1.88 bits per heavy atom. The number of aryl methyl sites for hydroxylation is 1. The molecule has 0 atom stereocenters. The van der Waals surface area contributed by atoms with E-state index in [4.69, 9.17) is 25.6 Å². The van der Waals surface area contributed by atoms with E-state index in [9.17, 15) is 9.18 Å². The Morgan fingerprint density at radius 3 is 2.62 bits per heavy atom. The van der Waals surface area contributed by atoms with Crippen LogP contribution in [0.25, 0.3) is 11.4 Å². The number of carbonyl (C=O) groups excluding carboxylic acids is 1. The Kier molecular flexibility index (Phi) is 6.72. The Hall–Kier alpha value is -3.78. The first-order valence-corrected chi connectivity index (χ1v) is 10.1. The molecule has 162 valence electrons. The zero-order valence-electron chi connectivity index (χ0n) is 16.7. The molecular formula is C23H17ClFN3O4. The molecule has 0 fully saturated rings. The number of hydrogen-bond donors (Lipinski definition) is 0. The molecule has 0 aliphatic heterocycles. The summed E-state index contributed by atoms with van der Waals surface area (Å²) in [5.74, 6) is -0.121. The monoisotopic (exact) mass is 453 g/mol. The van der Waals surface area contributed by atoms with Crippen LogP contribution in [0.3, 0.4) is 0 Å². The van der Waals surface area contributed by atoms with Crippen molar-refractivity contribution in [2.75, 3.05) is 0 Å². The van der Waals surface area contributed by atoms with Crippen molar-refractivity contribution in [2.45, 2.75) is 19.4 Å². The van der Waals surface area contributed by atoms with Gasteiger partial charge in [0, 0.05) is 18.2 Å². The summed E-state index contributed by atoms with van der Waals surface area (Å²) in [4.78, 5) is 20.0. The van der Waals surface area contributed by atoms with E-state index in [-0.39, 0.29) is 36.3 Å². The van der Waals surface area contributed by atoms with E-state index >= 15 is 0 Å². The maximum Gasteiger partial charge on any atom is 0.306 e. The molecule has 2 aromatic heterocycles. The molecule has 4 aromatic rings. The highest BCUT2D eigenvalue weighted by molar-refractivity contribution is 6.30. The molecule has 0 amide bonds. The minimum atomic E-state index is -0.660. The second-order valence-electron chi connectivity index (χ2n) is 6.72. The van der Waals surface area contributed by atoms with Gasteiger partial charge in [-0.25, -0.2) is 9.37 Å². The van der Waals surface area contributed by atoms with Gasteiger partial charge in [0.1, 0.15) is 12.4 Å². The smallest absolute Gasteiger partial charge is 0.306 e. The van der Waals surface area contributed by atoms with E-state index in [1.807, 2.05) is 30.3 Å². The van der Waals surface area contributed by atoms with E-state index < -0.39 is 5.82 Å². The Bertz CT molecular complexity index is 1200. The topological polar surface area (TPSA) is 87.3 Å². The molecule has 2 aromatic carbocycles. The lowest BCUT2D eigenvalue weighted by Gasteiger charge is -2.06. The summed E-state index contributed by atoms with van der Waals surface area (Å²) < 4.78 is 29.7. The second-order valence-corrected chi connectivity index (χ2v) is 7.16. The van der Waals surface area contributed by atoms with Crippen molar-refractivity contribution in [1.29, 1.82) is 0 Å². The normalized spacial score (nSPS) is 10.7. The summed E-state index contributed by atoms with van der Waals surface area (Å²) in [6, 6.07) is 17.2. The molecular weight excluding hydrogens is 437 g/mol. The summed E-state index contributed by atoms with van der Waals surface area (Å²) >= 11 is 5.68. The van der Waals surface area contributed by atoms with Gasteiger partial charge in [-0.2, -0.15) is 4.98 Å². The van der Waals surface area contributed by atoms with Crippen LogP contribution < -0.4 is 4.74 Å². The largest absolute Gasteiger partial charge is 0.461 e. The van der Waals surface area contributed by atoms with Crippen molar-refractivity contribution in [3.05, 3.63) is 89.2 Å². The molecule has 0 aliphatic rings. The van der Waals surface area contributed by atoms with Crippen LogP contribution in [0.5, 0.6) is 11.6 Å². The van der Waals surface area contributed by atoms with Crippen LogP contribution in [0.1, 0.15) is 17.9 Å². The summed E-state index contributed by atoms with van der Waals surface area (Å²) in [5, 5.41) is 4.11. The first kappa shape index (κ1) is 21.5. The molecule has 9 heteroatoms. The zero-order chi connectivity index (χ0) is 22.3. The summed E-state index contributed by atoms with van der Waals surface area (Å²) in [7, 11) is 0. The first-order valence-electron chi connectivity index (χ1n) is 9.68. The van der Waals surface area contributed by atoms with Crippen molar-refractivity contribution in [1.82, 2.24) is 15.1 Å². The van der Waals surface area contributed by atoms with Gasteiger partial charge in [0.2, 0.25) is 11.7 Å². The first-order chi connectivity index (χ1) is 15.6. The van der Waals surface area contributed by atoms with E-state index in [1.165, 1.54) is 6.20 Å². The zero-order valence-corrected chi connectivity index (χ0v) is 17.5. The van der Waals surface area contributed by atoms with Crippen molar-refractivity contribution >= 4 is 17.6 Å². The maximum absolute atomic E-state index is 13.8. The number of esters is 1. The maximum atomic E-state index is 13.8. The average Bonchev–Trinajstić information content (AvgIpc) is 3.28. The molecule has 0 radical (unpaired) electrons. The van der Waals surface area contributed by atoms with Crippen LogP contribution in [0.15, 0.2) is 71.4 Å². The fourth-order valence-corrected chi connectivity index (χ4v) is 2.90. The standard InChI is InChI=1S/C23H17ClFN3O4/c24-17-12-19(25)23(26-13-17)31-18-8-6-16(7-9-18)22-27-20(32-28-22)10-11-21(29)30-14-15-4-2-1-3-5-15/h1-9,12-13H,10-11,14H2. The molecule has 0 saturated carbocycles. The Morgan fingerprint density at radius 1 is 1.09 bits per heavy atom. The number of carbonyl (C=O) groups is 1. The van der Waals surface area contributed by atoms with Crippen LogP contribution in [-0.2, 0) is 22.6 Å². The number of benzene rings is 2. The minimum Gasteiger partial charge on any atom is -0.461 e. The van der Waals surface area contributed by atoms with Gasteiger partial charge in [-0.3, -0.25) is 4.79 Å². The molecule has 0 aliphatic carbocycles. The SMILES string of the molecule is O=C(CCc1nc(-c2ccc(Oc3ncc(Cl)cc3F)cc2)no1)OCc1ccccc1. The Labute approximate surface area is 187 Å². The lowest BCUT2D eigenvalue weighted by Crippen LogP contribution is -2.06. The molecule has 0 bridgehead atoms. The highest BCUT2D eigenvalue weighted by atomic mass is 35.5. The van der Waals surface area contributed by atoms with E-state index in [1.54, 1.807) is 24.3 Å². The van der Waals surface area contributed by atoms with Crippen LogP contribution in [-0.4, -0.2) is 21.1 Å². The average molecular weight is 454 g/mol. The van der Waals surface area contributed by atoms with Gasteiger partial charge >= 0.3 is 5.97 Å². The van der Waals surface area contributed by atoms with E-state index in [0.29, 0.717) is 23.0 Å². The van der Waals surface area contributed by atoms with Gasteiger partial charge in [0.25, 0.3) is 5.88 Å². The predicted molar refractivity (Wildman–Crippen MR) is 114 cm³/mol. The summed E-state index contributed by atoms with van der Waals surface area (Å²) in [6.07, 6.45) is 1.69. The highest BCUT2D eigenvalue weighted by Crippen LogP contribution is 2.26. The lowest BCUT2D eigenvalue weighted by molar-refractivity contribution is -0.145. The number of ether oxygens (including phenoxy) is 2. The van der Waals surface area contributed by atoms with Crippen LogP contribution in [0.4, 0.5) is 4.39 Å². The van der Waals surface area contributed by atoms with E-state index in [2.05, 4.69) is 15.1 Å². The van der Waals surface area contributed by atoms with Crippen molar-refractivity contribution < 1.29 is 23.2 Å². The molecule has 7 nitrogen and oxygen atoms in total. The fraction of sp³-hybridized carbons (Fsp3) is 0.130. The van der Waals surface area contributed by atoms with Gasteiger partial charge in [-0.15, -0.1) is 0 Å². The van der Waals surface area contributed by atoms with Crippen molar-refractivity contribution in [3.8, 4) is 23.0 Å². The van der Waals surface area contributed by atoms with Gasteiger partial charge in [-0.1, -0.05) is 47.1 Å². The molecule has 0 spiro atoms. The van der Waals surface area contributed by atoms with Crippen LogP contribution in [0, 0.1) is 5.82 Å². The minimum absolute atomic E-state index is 0.126. The third kappa shape index (κ3) is 5.67. The van der Waals surface area contributed by atoms with Gasteiger partial charge in [-0.05, 0) is 35.9 Å². The third-order valence-corrected chi connectivity index (χ3v) is 4.56.